The Balaban J connectivity index is 0.000000194. The third-order valence-electron chi connectivity index (χ3n) is 17.5. The minimum absolute atomic E-state index is 0.397. The molecule has 334 valence electrons. The second-order valence-electron chi connectivity index (χ2n) is 21.4. The van der Waals surface area contributed by atoms with E-state index in [1.54, 1.807) is 22.3 Å². The molecular formula is C65H74. The van der Waals surface area contributed by atoms with Gasteiger partial charge in [0.2, 0.25) is 0 Å². The van der Waals surface area contributed by atoms with Gasteiger partial charge in [-0.05, 0) is 240 Å². The number of rotatable bonds is 7. The van der Waals surface area contributed by atoms with Crippen molar-refractivity contribution in [1.82, 2.24) is 0 Å². The molecule has 1 spiro atoms. The normalized spacial score (nSPS) is 23.8. The molecule has 0 aromatic heterocycles. The average Bonchev–Trinajstić information content (AvgIpc) is 4.26. The first-order chi connectivity index (χ1) is 31.6. The highest BCUT2D eigenvalue weighted by molar-refractivity contribution is 6.11. The zero-order chi connectivity index (χ0) is 45.0. The van der Waals surface area contributed by atoms with Gasteiger partial charge in [-0.25, -0.2) is 0 Å². The third-order valence-corrected chi connectivity index (χ3v) is 17.5. The van der Waals surface area contributed by atoms with Crippen molar-refractivity contribution >= 4 is 27.6 Å². The summed E-state index contributed by atoms with van der Waals surface area (Å²) in [6.45, 7) is 18.0. The molecule has 3 saturated carbocycles. The third kappa shape index (κ3) is 8.43. The molecule has 12 rings (SSSR count). The van der Waals surface area contributed by atoms with Gasteiger partial charge >= 0.3 is 0 Å². The lowest BCUT2D eigenvalue weighted by Crippen LogP contribution is -2.13. The van der Waals surface area contributed by atoms with E-state index in [2.05, 4.69) is 177 Å². The summed E-state index contributed by atoms with van der Waals surface area (Å²) >= 11 is 0. The zero-order valence-electron chi connectivity index (χ0n) is 41.0. The molecule has 0 N–H and O–H groups in total. The zero-order valence-corrected chi connectivity index (χ0v) is 41.0. The van der Waals surface area contributed by atoms with Gasteiger partial charge < -0.3 is 0 Å². The monoisotopic (exact) mass is 855 g/mol. The molecule has 6 aromatic rings. The molecule has 0 heterocycles. The summed E-state index contributed by atoms with van der Waals surface area (Å²) in [6.07, 6.45) is 28.6. The molecule has 6 aliphatic rings. The maximum absolute atomic E-state index is 2.72. The summed E-state index contributed by atoms with van der Waals surface area (Å²) in [6, 6.07) is 35.3. The van der Waals surface area contributed by atoms with Crippen LogP contribution in [0.4, 0.5) is 0 Å². The fourth-order valence-electron chi connectivity index (χ4n) is 13.0. The highest BCUT2D eigenvalue weighted by atomic mass is 14.7. The van der Waals surface area contributed by atoms with Crippen LogP contribution in [0, 0.1) is 57.8 Å². The molecule has 6 aromatic carbocycles. The molecule has 3 fully saturated rings. The first-order valence-corrected chi connectivity index (χ1v) is 25.9. The quantitative estimate of drug-likeness (QED) is 0.140. The van der Waals surface area contributed by atoms with Gasteiger partial charge in [-0.3, -0.25) is 0 Å². The van der Waals surface area contributed by atoms with E-state index in [0.29, 0.717) is 23.2 Å². The fraction of sp³-hybridized carbons (Fsp3) is 0.415. The largest absolute Gasteiger partial charge is 0.0802 e. The van der Waals surface area contributed by atoms with Gasteiger partial charge in [0.25, 0.3) is 0 Å². The predicted octanol–water partition coefficient (Wildman–Crippen LogP) is 17.6. The lowest BCUT2D eigenvalue weighted by atomic mass is 9.75. The predicted molar refractivity (Wildman–Crippen MR) is 281 cm³/mol. The highest BCUT2D eigenvalue weighted by Gasteiger charge is 2.62. The summed E-state index contributed by atoms with van der Waals surface area (Å²) in [5.74, 6) is 3.98. The van der Waals surface area contributed by atoms with Crippen molar-refractivity contribution in [2.75, 3.05) is 0 Å². The van der Waals surface area contributed by atoms with Gasteiger partial charge in [-0.2, -0.15) is 0 Å². The number of hydrogen-bond acceptors (Lipinski definition) is 0. The van der Waals surface area contributed by atoms with Crippen molar-refractivity contribution in [3.63, 3.8) is 0 Å². The topological polar surface area (TPSA) is 0 Å². The van der Waals surface area contributed by atoms with E-state index in [0.717, 1.165) is 30.6 Å². The van der Waals surface area contributed by atoms with Crippen LogP contribution in [0.2, 0.25) is 0 Å². The van der Waals surface area contributed by atoms with Crippen LogP contribution < -0.4 is 0 Å². The SMILES string of the molecule is CCc1cc2c(cc(C(C)C(CC3=CC4C5CCCCC45C=C3)c3ccc(C)c(C)c3)c3ccccc32)c2c1C=CC1CC21.CCc1ccc2c(c1)CCCC2.Cc1ccc(C)c(C)c1. The number of hydrogen-bond donors (Lipinski definition) is 0. The Kier molecular flexibility index (Phi) is 12.2. The summed E-state index contributed by atoms with van der Waals surface area (Å²) in [7, 11) is 0. The fourth-order valence-corrected chi connectivity index (χ4v) is 13.0. The van der Waals surface area contributed by atoms with E-state index in [1.807, 2.05) is 0 Å². The van der Waals surface area contributed by atoms with Crippen LogP contribution in [0.3, 0.4) is 0 Å². The standard InChI is InChI=1S/C44H46.C12H16.C9H12/c1-5-30-23-39-35-11-7-6-10-34(35)37(25-40(39)43-33(30)16-15-32-24-38(32)43)28(4)36(31-14-13-26(2)27(3)20-31)21-29-17-19-44-18-9-8-12-41(44)42(44)22-29;1-2-10-7-8-11-5-3-4-6-12(11)9-10;1-7-4-5-8(2)9(3)6-7/h6-7,10-11,13-17,19-20,22-23,25,28,32,36,38,41-42H,5,8-9,12,18,21,24H2,1-4H3;7-9H,2-6H2,1H3;4-6H,1-3H3. The molecule has 0 amide bonds. The molecule has 7 atom stereocenters. The van der Waals surface area contributed by atoms with Crippen molar-refractivity contribution in [1.29, 1.82) is 0 Å². The van der Waals surface area contributed by atoms with Crippen LogP contribution in [0.25, 0.3) is 27.6 Å². The molecule has 0 saturated heterocycles. The van der Waals surface area contributed by atoms with Crippen LogP contribution in [0.5, 0.6) is 0 Å². The van der Waals surface area contributed by atoms with Crippen molar-refractivity contribution < 1.29 is 0 Å². The van der Waals surface area contributed by atoms with E-state index < -0.39 is 0 Å². The molecule has 6 aliphatic carbocycles. The van der Waals surface area contributed by atoms with E-state index in [1.165, 1.54) is 141 Å². The average molecular weight is 855 g/mol. The molecule has 0 aliphatic heterocycles. The molecule has 65 heavy (non-hydrogen) atoms. The Bertz CT molecular complexity index is 2860. The number of aryl methyl sites for hydroxylation is 9. The minimum atomic E-state index is 0.397. The van der Waals surface area contributed by atoms with E-state index in [-0.39, 0.29) is 0 Å². The second kappa shape index (κ2) is 18.0. The van der Waals surface area contributed by atoms with Crippen LogP contribution in [-0.4, -0.2) is 0 Å². The second-order valence-corrected chi connectivity index (χ2v) is 21.4. The van der Waals surface area contributed by atoms with Gasteiger partial charge in [0.1, 0.15) is 0 Å². The molecule has 0 bridgehead atoms. The molecule has 0 nitrogen and oxygen atoms in total. The maximum Gasteiger partial charge on any atom is -0.00150 e. The van der Waals surface area contributed by atoms with Gasteiger partial charge in [0.15, 0.2) is 0 Å². The van der Waals surface area contributed by atoms with Crippen molar-refractivity contribution in [3.05, 3.63) is 193 Å². The van der Waals surface area contributed by atoms with Gasteiger partial charge in [0, 0.05) is 0 Å². The summed E-state index contributed by atoms with van der Waals surface area (Å²) in [5.41, 5.74) is 21.4. The van der Waals surface area contributed by atoms with Crippen LogP contribution >= 0.6 is 0 Å². The van der Waals surface area contributed by atoms with E-state index in [9.17, 15) is 0 Å². The van der Waals surface area contributed by atoms with Crippen LogP contribution in [0.1, 0.15) is 162 Å². The molecular weight excluding hydrogens is 781 g/mol. The first-order valence-electron chi connectivity index (χ1n) is 25.9. The van der Waals surface area contributed by atoms with Crippen molar-refractivity contribution in [3.8, 4) is 0 Å². The Morgan fingerprint density at radius 3 is 2.18 bits per heavy atom. The van der Waals surface area contributed by atoms with Crippen LogP contribution in [-0.2, 0) is 25.7 Å². The Morgan fingerprint density at radius 1 is 0.662 bits per heavy atom. The maximum atomic E-state index is 2.72. The lowest BCUT2D eigenvalue weighted by molar-refractivity contribution is 0.400. The highest BCUT2D eigenvalue weighted by Crippen LogP contribution is 2.69. The van der Waals surface area contributed by atoms with Crippen molar-refractivity contribution in [2.24, 2.45) is 23.2 Å². The number of fused-ring (bicyclic) bond motifs is 9. The van der Waals surface area contributed by atoms with Gasteiger partial charge in [-0.1, -0.05) is 154 Å². The molecule has 0 radical (unpaired) electrons. The van der Waals surface area contributed by atoms with Crippen LogP contribution in [0.15, 0.2) is 121 Å². The van der Waals surface area contributed by atoms with Gasteiger partial charge in [0.05, 0.1) is 0 Å². The summed E-state index contributed by atoms with van der Waals surface area (Å²) in [5, 5.41) is 5.88. The Morgan fingerprint density at radius 2 is 1.43 bits per heavy atom. The van der Waals surface area contributed by atoms with E-state index >= 15 is 0 Å². The van der Waals surface area contributed by atoms with Gasteiger partial charge in [-0.15, -0.1) is 0 Å². The number of allylic oxidation sites excluding steroid dienone is 5. The molecule has 0 heteroatoms. The molecule has 7 unspecified atom stereocenters. The van der Waals surface area contributed by atoms with Crippen molar-refractivity contribution in [2.45, 2.75) is 150 Å². The smallest absolute Gasteiger partial charge is 0.00150 e. The summed E-state index contributed by atoms with van der Waals surface area (Å²) < 4.78 is 0. The summed E-state index contributed by atoms with van der Waals surface area (Å²) in [4.78, 5) is 0. The first kappa shape index (κ1) is 43.9. The Hall–Kier alpha value is -4.94. The van der Waals surface area contributed by atoms with E-state index in [4.69, 9.17) is 0 Å². The number of benzene rings is 6. The Labute approximate surface area is 392 Å². The minimum Gasteiger partial charge on any atom is -0.0802 e. The lowest BCUT2D eigenvalue weighted by Gasteiger charge is -2.29.